The molecule has 0 saturated heterocycles. The molecule has 6 nitrogen and oxygen atoms in total. The molecule has 0 radical (unpaired) electrons. The molecule has 1 atom stereocenters. The van der Waals surface area contributed by atoms with E-state index >= 15 is 0 Å². The summed E-state index contributed by atoms with van der Waals surface area (Å²) in [5.41, 5.74) is 5.45. The molecule has 17 heavy (non-hydrogen) atoms. The minimum Gasteiger partial charge on any atom is -0.387 e. The fourth-order valence-electron chi connectivity index (χ4n) is 1.95. The molecule has 1 saturated carbocycles. The Balaban J connectivity index is 1.96. The Bertz CT molecular complexity index is 384. The summed E-state index contributed by atoms with van der Waals surface area (Å²) in [6.45, 7) is 1.94. The van der Waals surface area contributed by atoms with Crippen molar-refractivity contribution in [2.75, 3.05) is 5.75 Å². The average Bonchev–Trinajstić information content (AvgIpc) is 2.95. The fraction of sp³-hybridized carbons (Fsp3) is 0.800. The summed E-state index contributed by atoms with van der Waals surface area (Å²) in [5.74, 6) is 1.04. The topological polar surface area (TPSA) is 93.5 Å². The molecule has 0 aliphatic heterocycles. The molecule has 1 aliphatic rings. The predicted molar refractivity (Wildman–Crippen MR) is 67.1 cm³/mol. The molecule has 1 aliphatic carbocycles. The van der Waals surface area contributed by atoms with E-state index in [-0.39, 0.29) is 11.8 Å². The third kappa shape index (κ3) is 2.96. The third-order valence-electron chi connectivity index (χ3n) is 3.13. The van der Waals surface area contributed by atoms with E-state index in [4.69, 9.17) is 11.1 Å². The van der Waals surface area contributed by atoms with Crippen LogP contribution in [0.5, 0.6) is 0 Å². The molecule has 7 heteroatoms. The van der Waals surface area contributed by atoms with Crippen molar-refractivity contribution in [1.29, 1.82) is 5.41 Å². The first-order valence-corrected chi connectivity index (χ1v) is 6.91. The Morgan fingerprint density at radius 1 is 1.59 bits per heavy atom. The van der Waals surface area contributed by atoms with Crippen LogP contribution in [0, 0.1) is 11.3 Å². The van der Waals surface area contributed by atoms with Gasteiger partial charge in [0, 0.05) is 11.7 Å². The van der Waals surface area contributed by atoms with Crippen LogP contribution in [-0.4, -0.2) is 31.8 Å². The van der Waals surface area contributed by atoms with Crippen LogP contribution in [0.3, 0.4) is 0 Å². The van der Waals surface area contributed by atoms with Gasteiger partial charge in [0.15, 0.2) is 0 Å². The van der Waals surface area contributed by atoms with Crippen LogP contribution < -0.4 is 5.73 Å². The van der Waals surface area contributed by atoms with Gasteiger partial charge in [0.25, 0.3) is 0 Å². The summed E-state index contributed by atoms with van der Waals surface area (Å²) >= 11 is 1.58. The zero-order valence-electron chi connectivity index (χ0n) is 9.96. The minimum absolute atomic E-state index is 0.0636. The smallest absolute Gasteiger partial charge is 0.209 e. The van der Waals surface area contributed by atoms with Gasteiger partial charge < -0.3 is 5.73 Å². The van der Waals surface area contributed by atoms with Gasteiger partial charge in [-0.2, -0.15) is 0 Å². The van der Waals surface area contributed by atoms with Crippen LogP contribution in [0.2, 0.25) is 0 Å². The summed E-state index contributed by atoms with van der Waals surface area (Å²) < 4.78 is 1.94. The van der Waals surface area contributed by atoms with Gasteiger partial charge in [0.2, 0.25) is 5.16 Å². The lowest BCUT2D eigenvalue weighted by Gasteiger charge is -2.12. The first-order chi connectivity index (χ1) is 8.18. The number of hydrogen-bond acceptors (Lipinski definition) is 5. The number of nitrogens with one attached hydrogen (secondary N) is 1. The van der Waals surface area contributed by atoms with Gasteiger partial charge in [-0.3, -0.25) is 5.41 Å². The van der Waals surface area contributed by atoms with Crippen molar-refractivity contribution < 1.29 is 0 Å². The largest absolute Gasteiger partial charge is 0.387 e. The highest BCUT2D eigenvalue weighted by atomic mass is 32.2. The highest BCUT2D eigenvalue weighted by Crippen LogP contribution is 2.31. The quantitative estimate of drug-likeness (QED) is 0.471. The van der Waals surface area contributed by atoms with Gasteiger partial charge in [-0.1, -0.05) is 31.5 Å². The maximum Gasteiger partial charge on any atom is 0.209 e. The Labute approximate surface area is 105 Å². The maximum absolute atomic E-state index is 7.36. The van der Waals surface area contributed by atoms with Crippen molar-refractivity contribution in [3.05, 3.63) is 0 Å². The number of nitrogens with two attached hydrogens (primary N) is 1. The number of nitrogens with zero attached hydrogens (tertiary/aromatic N) is 4. The zero-order valence-corrected chi connectivity index (χ0v) is 10.8. The lowest BCUT2D eigenvalue weighted by molar-refractivity contribution is 0.423. The van der Waals surface area contributed by atoms with E-state index in [9.17, 15) is 0 Å². The summed E-state index contributed by atoms with van der Waals surface area (Å²) in [4.78, 5) is 0. The van der Waals surface area contributed by atoms with Gasteiger partial charge in [0.05, 0.1) is 11.9 Å². The summed E-state index contributed by atoms with van der Waals surface area (Å²) in [6.07, 6.45) is 4.86. The number of hydrogen-bond donors (Lipinski definition) is 2. The van der Waals surface area contributed by atoms with Gasteiger partial charge >= 0.3 is 0 Å². The van der Waals surface area contributed by atoms with Gasteiger partial charge in [-0.15, -0.1) is 5.10 Å². The number of rotatable bonds is 5. The van der Waals surface area contributed by atoms with E-state index in [0.29, 0.717) is 6.04 Å². The first-order valence-electron chi connectivity index (χ1n) is 5.93. The Morgan fingerprint density at radius 3 is 2.94 bits per heavy atom. The molecule has 1 aromatic heterocycles. The van der Waals surface area contributed by atoms with Crippen molar-refractivity contribution in [3.8, 4) is 0 Å². The van der Waals surface area contributed by atoms with Crippen LogP contribution >= 0.6 is 11.8 Å². The summed E-state index contributed by atoms with van der Waals surface area (Å²) in [5, 5.41) is 20.1. The molecule has 1 unspecified atom stereocenters. The molecular formula is C10H18N6S. The molecule has 0 aromatic carbocycles. The van der Waals surface area contributed by atoms with E-state index < -0.39 is 0 Å². The van der Waals surface area contributed by atoms with Crippen molar-refractivity contribution in [3.63, 3.8) is 0 Å². The highest BCUT2D eigenvalue weighted by molar-refractivity contribution is 7.99. The van der Waals surface area contributed by atoms with Crippen molar-refractivity contribution in [1.82, 2.24) is 20.2 Å². The molecule has 1 fully saturated rings. The lowest BCUT2D eigenvalue weighted by Crippen LogP contribution is -2.21. The van der Waals surface area contributed by atoms with Crippen LogP contribution in [0.15, 0.2) is 5.16 Å². The zero-order chi connectivity index (χ0) is 12.3. The molecule has 94 valence electrons. The number of tetrazole rings is 1. The molecule has 3 N–H and O–H groups in total. The van der Waals surface area contributed by atoms with Gasteiger partial charge in [0.1, 0.15) is 0 Å². The summed E-state index contributed by atoms with van der Waals surface area (Å²) in [6, 6.07) is 0.458. The fourth-order valence-corrected chi connectivity index (χ4v) is 2.94. The second-order valence-electron chi connectivity index (χ2n) is 4.51. The predicted octanol–water partition coefficient (Wildman–Crippen LogP) is 1.45. The molecule has 2 rings (SSSR count). The summed E-state index contributed by atoms with van der Waals surface area (Å²) in [7, 11) is 0. The Morgan fingerprint density at radius 2 is 2.29 bits per heavy atom. The Kier molecular flexibility index (Phi) is 3.98. The van der Waals surface area contributed by atoms with E-state index in [1.807, 2.05) is 11.6 Å². The highest BCUT2D eigenvalue weighted by Gasteiger charge is 2.22. The van der Waals surface area contributed by atoms with Crippen LogP contribution in [0.1, 0.15) is 38.6 Å². The molecular weight excluding hydrogens is 236 g/mol. The SMILES string of the molecule is CC(CSc1nnnn1C1CCCC1)C(=N)N. The van der Waals surface area contributed by atoms with E-state index in [0.717, 1.165) is 10.9 Å². The van der Waals surface area contributed by atoms with E-state index in [2.05, 4.69) is 15.5 Å². The molecule has 0 bridgehead atoms. The second-order valence-corrected chi connectivity index (χ2v) is 5.50. The second kappa shape index (κ2) is 5.48. The van der Waals surface area contributed by atoms with E-state index in [1.54, 1.807) is 11.8 Å². The van der Waals surface area contributed by atoms with E-state index in [1.165, 1.54) is 25.7 Å². The van der Waals surface area contributed by atoms with Gasteiger partial charge in [-0.25, -0.2) is 4.68 Å². The van der Waals surface area contributed by atoms with Crippen LogP contribution in [0.25, 0.3) is 0 Å². The number of aromatic nitrogens is 4. The van der Waals surface area contributed by atoms with Crippen molar-refractivity contribution >= 4 is 17.6 Å². The number of thioether (sulfide) groups is 1. The molecule has 0 amide bonds. The minimum atomic E-state index is 0.0636. The average molecular weight is 254 g/mol. The van der Waals surface area contributed by atoms with Crippen LogP contribution in [-0.2, 0) is 0 Å². The molecule has 0 spiro atoms. The Hall–Kier alpha value is -1.11. The third-order valence-corrected chi connectivity index (χ3v) is 4.32. The normalized spacial score (nSPS) is 18.4. The first kappa shape index (κ1) is 12.3. The lowest BCUT2D eigenvalue weighted by atomic mass is 10.2. The maximum atomic E-state index is 7.36. The van der Waals surface area contributed by atoms with Gasteiger partial charge in [-0.05, 0) is 23.3 Å². The molecule has 1 aromatic rings. The monoisotopic (exact) mass is 254 g/mol. The van der Waals surface area contributed by atoms with Crippen molar-refractivity contribution in [2.24, 2.45) is 11.7 Å². The number of amidine groups is 1. The van der Waals surface area contributed by atoms with Crippen molar-refractivity contribution in [2.45, 2.75) is 43.8 Å². The standard InChI is InChI=1S/C10H18N6S/c1-7(9(11)12)6-17-10-13-14-15-16(10)8-4-2-3-5-8/h7-8H,2-6H2,1H3,(H3,11,12). The van der Waals surface area contributed by atoms with Crippen LogP contribution in [0.4, 0.5) is 0 Å². The molecule has 1 heterocycles.